The highest BCUT2D eigenvalue weighted by molar-refractivity contribution is 5.43. The van der Waals surface area contributed by atoms with Crippen molar-refractivity contribution in [3.63, 3.8) is 0 Å². The Labute approximate surface area is 140 Å². The van der Waals surface area contributed by atoms with Gasteiger partial charge < -0.3 is 14.6 Å². The summed E-state index contributed by atoms with van der Waals surface area (Å²) in [5, 5.41) is 9.64. The van der Waals surface area contributed by atoms with Crippen LogP contribution < -0.4 is 9.47 Å². The van der Waals surface area contributed by atoms with E-state index in [0.717, 1.165) is 56.8 Å². The summed E-state index contributed by atoms with van der Waals surface area (Å²) in [5.74, 6) is 1.63. The second-order valence-corrected chi connectivity index (χ2v) is 6.62. The highest BCUT2D eigenvalue weighted by atomic mass is 16.5. The van der Waals surface area contributed by atoms with Crippen LogP contribution >= 0.6 is 0 Å². The van der Waals surface area contributed by atoms with Gasteiger partial charge in [0.2, 0.25) is 0 Å². The van der Waals surface area contributed by atoms with Crippen LogP contribution in [0.5, 0.6) is 11.5 Å². The van der Waals surface area contributed by atoms with Crippen molar-refractivity contribution in [2.45, 2.75) is 46.1 Å². The van der Waals surface area contributed by atoms with Crippen molar-refractivity contribution in [3.8, 4) is 11.5 Å². The van der Waals surface area contributed by atoms with Crippen molar-refractivity contribution >= 4 is 0 Å². The van der Waals surface area contributed by atoms with Gasteiger partial charge in [0, 0.05) is 13.2 Å². The average Bonchev–Trinajstić information content (AvgIpc) is 2.61. The van der Waals surface area contributed by atoms with E-state index in [0.29, 0.717) is 13.2 Å². The number of hydrogen-bond donors (Lipinski definition) is 1. The number of aliphatic hydroxyl groups excluding tert-OH is 1. The lowest BCUT2D eigenvalue weighted by molar-refractivity contribution is 0.0382. The first-order valence-electron chi connectivity index (χ1n) is 8.79. The van der Waals surface area contributed by atoms with E-state index in [4.69, 9.17) is 9.47 Å². The minimum Gasteiger partial charge on any atom is -0.493 e. The molecule has 0 saturated carbocycles. The number of rotatable bonds is 8. The SMILES string of the molecule is CCCOc1ccc(CN2CCC(CC)(CO)CC2)cc1OC. The number of likely N-dealkylation sites (tertiary alicyclic amines) is 1. The molecular formula is C19H31NO3. The molecule has 1 N–H and O–H groups in total. The van der Waals surface area contributed by atoms with Crippen LogP contribution in [0.1, 0.15) is 45.1 Å². The van der Waals surface area contributed by atoms with Crippen molar-refractivity contribution < 1.29 is 14.6 Å². The zero-order valence-electron chi connectivity index (χ0n) is 14.8. The Hall–Kier alpha value is -1.26. The van der Waals surface area contributed by atoms with Crippen LogP contribution in [0.25, 0.3) is 0 Å². The van der Waals surface area contributed by atoms with E-state index in [9.17, 15) is 5.11 Å². The summed E-state index contributed by atoms with van der Waals surface area (Å²) in [6.07, 6.45) is 4.21. The molecule has 1 aliphatic heterocycles. The third-order valence-electron chi connectivity index (χ3n) is 5.10. The average molecular weight is 321 g/mol. The van der Waals surface area contributed by atoms with Gasteiger partial charge in [-0.1, -0.05) is 19.9 Å². The number of benzene rings is 1. The zero-order chi connectivity index (χ0) is 16.7. The molecule has 0 bridgehead atoms. The van der Waals surface area contributed by atoms with Crippen LogP contribution in [0.15, 0.2) is 18.2 Å². The van der Waals surface area contributed by atoms with E-state index < -0.39 is 0 Å². The van der Waals surface area contributed by atoms with Crippen LogP contribution in [0.4, 0.5) is 0 Å². The smallest absolute Gasteiger partial charge is 0.161 e. The molecule has 130 valence electrons. The third-order valence-corrected chi connectivity index (χ3v) is 5.10. The molecule has 23 heavy (non-hydrogen) atoms. The lowest BCUT2D eigenvalue weighted by Gasteiger charge is -2.40. The topological polar surface area (TPSA) is 41.9 Å². The van der Waals surface area contributed by atoms with Crippen molar-refractivity contribution in [1.82, 2.24) is 4.90 Å². The minimum absolute atomic E-state index is 0.145. The number of aliphatic hydroxyl groups is 1. The summed E-state index contributed by atoms with van der Waals surface area (Å²) >= 11 is 0. The van der Waals surface area contributed by atoms with Gasteiger partial charge in [0.1, 0.15) is 0 Å². The van der Waals surface area contributed by atoms with Gasteiger partial charge in [-0.25, -0.2) is 0 Å². The highest BCUT2D eigenvalue weighted by Gasteiger charge is 2.32. The zero-order valence-corrected chi connectivity index (χ0v) is 14.8. The fraction of sp³-hybridized carbons (Fsp3) is 0.684. The summed E-state index contributed by atoms with van der Waals surface area (Å²) in [4.78, 5) is 2.46. The number of ether oxygens (including phenoxy) is 2. The molecule has 1 aromatic carbocycles. The number of nitrogens with zero attached hydrogens (tertiary/aromatic N) is 1. The fourth-order valence-corrected chi connectivity index (χ4v) is 3.21. The molecule has 2 rings (SSSR count). The molecule has 0 atom stereocenters. The minimum atomic E-state index is 0.145. The maximum atomic E-state index is 9.64. The maximum absolute atomic E-state index is 9.64. The van der Waals surface area contributed by atoms with Gasteiger partial charge in [-0.3, -0.25) is 4.90 Å². The second-order valence-electron chi connectivity index (χ2n) is 6.62. The lowest BCUT2D eigenvalue weighted by Crippen LogP contribution is -2.41. The Bertz CT molecular complexity index is 476. The first-order chi connectivity index (χ1) is 11.2. The second kappa shape index (κ2) is 8.55. The van der Waals surface area contributed by atoms with E-state index in [1.54, 1.807) is 7.11 Å². The van der Waals surface area contributed by atoms with Gasteiger partial charge in [0.15, 0.2) is 11.5 Å². The molecule has 0 aliphatic carbocycles. The van der Waals surface area contributed by atoms with Gasteiger partial charge in [-0.05, 0) is 61.9 Å². The Morgan fingerprint density at radius 2 is 1.91 bits per heavy atom. The van der Waals surface area contributed by atoms with Crippen LogP contribution in [0, 0.1) is 5.41 Å². The lowest BCUT2D eigenvalue weighted by atomic mass is 9.77. The van der Waals surface area contributed by atoms with Crippen molar-refractivity contribution in [1.29, 1.82) is 0 Å². The molecule has 1 aromatic rings. The monoisotopic (exact) mass is 321 g/mol. The maximum Gasteiger partial charge on any atom is 0.161 e. The molecule has 4 nitrogen and oxygen atoms in total. The number of piperidine rings is 1. The van der Waals surface area contributed by atoms with Gasteiger partial charge in [-0.15, -0.1) is 0 Å². The van der Waals surface area contributed by atoms with E-state index in [1.807, 2.05) is 6.07 Å². The summed E-state index contributed by atoms with van der Waals surface area (Å²) in [6, 6.07) is 6.22. The molecule has 4 heteroatoms. The van der Waals surface area contributed by atoms with Crippen molar-refractivity contribution in [2.24, 2.45) is 5.41 Å². The molecule has 0 amide bonds. The van der Waals surface area contributed by atoms with Gasteiger partial charge in [0.25, 0.3) is 0 Å². The van der Waals surface area contributed by atoms with Gasteiger partial charge in [-0.2, -0.15) is 0 Å². The third kappa shape index (κ3) is 4.61. The first-order valence-corrected chi connectivity index (χ1v) is 8.79. The molecule has 0 unspecified atom stereocenters. The van der Waals surface area contributed by atoms with E-state index in [-0.39, 0.29) is 5.41 Å². The molecule has 0 radical (unpaired) electrons. The Morgan fingerprint density at radius 1 is 1.17 bits per heavy atom. The number of hydrogen-bond acceptors (Lipinski definition) is 4. The van der Waals surface area contributed by atoms with E-state index in [1.165, 1.54) is 5.56 Å². The van der Waals surface area contributed by atoms with E-state index in [2.05, 4.69) is 30.9 Å². The van der Waals surface area contributed by atoms with Crippen molar-refractivity contribution in [2.75, 3.05) is 33.4 Å². The fourth-order valence-electron chi connectivity index (χ4n) is 3.21. The van der Waals surface area contributed by atoms with E-state index >= 15 is 0 Å². The summed E-state index contributed by atoms with van der Waals surface area (Å²) in [5.41, 5.74) is 1.39. The molecular weight excluding hydrogens is 290 g/mol. The molecule has 0 aromatic heterocycles. The Morgan fingerprint density at radius 3 is 2.48 bits per heavy atom. The van der Waals surface area contributed by atoms with Crippen LogP contribution in [-0.2, 0) is 6.54 Å². The first kappa shape index (κ1) is 18.1. The Kier molecular flexibility index (Phi) is 6.72. The van der Waals surface area contributed by atoms with Crippen LogP contribution in [0.2, 0.25) is 0 Å². The summed E-state index contributed by atoms with van der Waals surface area (Å²) < 4.78 is 11.2. The van der Waals surface area contributed by atoms with Crippen LogP contribution in [-0.4, -0.2) is 43.4 Å². The molecule has 1 saturated heterocycles. The summed E-state index contributed by atoms with van der Waals surface area (Å²) in [6.45, 7) is 8.33. The van der Waals surface area contributed by atoms with Gasteiger partial charge >= 0.3 is 0 Å². The standard InChI is InChI=1S/C19H31NO3/c1-4-12-23-17-7-6-16(13-18(17)22-3)14-20-10-8-19(5-2,15-21)9-11-20/h6-7,13,21H,4-5,8-12,14-15H2,1-3H3. The predicted octanol–water partition coefficient (Wildman–Crippen LogP) is 3.47. The molecule has 1 heterocycles. The molecule has 0 spiro atoms. The van der Waals surface area contributed by atoms with Crippen LogP contribution in [0.3, 0.4) is 0 Å². The largest absolute Gasteiger partial charge is 0.493 e. The highest BCUT2D eigenvalue weighted by Crippen LogP contribution is 2.35. The Balaban J connectivity index is 1.96. The molecule has 1 fully saturated rings. The van der Waals surface area contributed by atoms with Gasteiger partial charge in [0.05, 0.1) is 13.7 Å². The van der Waals surface area contributed by atoms with Crippen molar-refractivity contribution in [3.05, 3.63) is 23.8 Å². The predicted molar refractivity (Wildman–Crippen MR) is 93.1 cm³/mol. The number of methoxy groups -OCH3 is 1. The summed E-state index contributed by atoms with van der Waals surface area (Å²) in [7, 11) is 1.69. The quantitative estimate of drug-likeness (QED) is 0.796. The molecule has 1 aliphatic rings. The normalized spacial score (nSPS) is 17.9.